The van der Waals surface area contributed by atoms with Gasteiger partial charge in [-0.3, -0.25) is 9.69 Å². The fourth-order valence-corrected chi connectivity index (χ4v) is 2.64. The molecule has 2 aliphatic heterocycles. The fraction of sp³-hybridized carbons (Fsp3) is 0.867. The number of amides is 2. The summed E-state index contributed by atoms with van der Waals surface area (Å²) < 4.78 is 16.4. The summed E-state index contributed by atoms with van der Waals surface area (Å²) in [4.78, 5) is 28.3. The third kappa shape index (κ3) is 3.70. The molecule has 2 amide bonds. The van der Waals surface area contributed by atoms with Crippen molar-refractivity contribution in [3.05, 3.63) is 0 Å². The second-order valence-corrected chi connectivity index (χ2v) is 7.06. The second kappa shape index (κ2) is 6.04. The van der Waals surface area contributed by atoms with Crippen LogP contribution in [0, 0.1) is 0 Å². The topological polar surface area (TPSA) is 68.3 Å². The summed E-state index contributed by atoms with van der Waals surface area (Å²) in [6.07, 6.45) is -0.526. The van der Waals surface area contributed by atoms with E-state index in [1.54, 1.807) is 39.5 Å². The highest BCUT2D eigenvalue weighted by Crippen LogP contribution is 2.30. The Morgan fingerprint density at radius 3 is 2.32 bits per heavy atom. The third-order valence-corrected chi connectivity index (χ3v) is 3.68. The molecular formula is C15H26N2O5. The van der Waals surface area contributed by atoms with Crippen molar-refractivity contribution in [3.63, 3.8) is 0 Å². The van der Waals surface area contributed by atoms with Crippen molar-refractivity contribution in [2.75, 3.05) is 32.9 Å². The standard InChI is InChI=1S/C15H26N2O5/c1-14(2,3)22-13(19)17-11(10-21-15(17,4)5)12(18)16-6-8-20-9-7-16/h11H,6-10H2,1-5H3/t11-/m0/s1. The van der Waals surface area contributed by atoms with E-state index in [4.69, 9.17) is 14.2 Å². The lowest BCUT2D eigenvalue weighted by Crippen LogP contribution is -2.56. The van der Waals surface area contributed by atoms with Crippen molar-refractivity contribution in [1.29, 1.82) is 0 Å². The van der Waals surface area contributed by atoms with Crippen molar-refractivity contribution in [3.8, 4) is 0 Å². The minimum absolute atomic E-state index is 0.111. The first-order chi connectivity index (χ1) is 10.1. The number of nitrogens with zero attached hydrogens (tertiary/aromatic N) is 2. The molecule has 2 fully saturated rings. The number of rotatable bonds is 1. The molecule has 2 rings (SSSR count). The molecule has 2 heterocycles. The van der Waals surface area contributed by atoms with Crippen LogP contribution in [0.2, 0.25) is 0 Å². The number of carbonyl (C=O) groups excluding carboxylic acids is 2. The molecule has 0 N–H and O–H groups in total. The molecule has 0 bridgehead atoms. The predicted molar refractivity (Wildman–Crippen MR) is 79.3 cm³/mol. The molecule has 0 aromatic rings. The molecule has 0 saturated carbocycles. The van der Waals surface area contributed by atoms with Gasteiger partial charge in [0.1, 0.15) is 17.4 Å². The molecule has 2 saturated heterocycles. The summed E-state index contributed by atoms with van der Waals surface area (Å²) in [6.45, 7) is 11.2. The Labute approximate surface area is 131 Å². The quantitative estimate of drug-likeness (QED) is 0.728. The highest BCUT2D eigenvalue weighted by Gasteiger charge is 2.49. The van der Waals surface area contributed by atoms with E-state index in [2.05, 4.69) is 0 Å². The van der Waals surface area contributed by atoms with Crippen molar-refractivity contribution >= 4 is 12.0 Å². The van der Waals surface area contributed by atoms with Crippen LogP contribution in [0.4, 0.5) is 4.79 Å². The zero-order valence-corrected chi connectivity index (χ0v) is 14.0. The number of hydrogen-bond donors (Lipinski definition) is 0. The lowest BCUT2D eigenvalue weighted by Gasteiger charge is -2.36. The summed E-state index contributed by atoms with van der Waals surface area (Å²) in [5, 5.41) is 0. The predicted octanol–water partition coefficient (Wildman–Crippen LogP) is 1.22. The van der Waals surface area contributed by atoms with Gasteiger partial charge in [0, 0.05) is 13.1 Å². The molecule has 1 atom stereocenters. The van der Waals surface area contributed by atoms with Gasteiger partial charge in [-0.15, -0.1) is 0 Å². The zero-order chi connectivity index (χ0) is 16.5. The third-order valence-electron chi connectivity index (χ3n) is 3.68. The largest absolute Gasteiger partial charge is 0.444 e. The van der Waals surface area contributed by atoms with Gasteiger partial charge in [-0.25, -0.2) is 4.79 Å². The number of carbonyl (C=O) groups is 2. The molecule has 0 aliphatic carbocycles. The number of morpholine rings is 1. The van der Waals surface area contributed by atoms with E-state index < -0.39 is 23.5 Å². The molecule has 0 aromatic carbocycles. The molecular weight excluding hydrogens is 288 g/mol. The molecule has 22 heavy (non-hydrogen) atoms. The summed E-state index contributed by atoms with van der Waals surface area (Å²) in [6, 6.07) is -0.650. The zero-order valence-electron chi connectivity index (χ0n) is 14.0. The molecule has 0 unspecified atom stereocenters. The van der Waals surface area contributed by atoms with E-state index in [1.165, 1.54) is 4.90 Å². The van der Waals surface area contributed by atoms with Crippen molar-refractivity contribution < 1.29 is 23.8 Å². The fourth-order valence-electron chi connectivity index (χ4n) is 2.64. The number of hydrogen-bond acceptors (Lipinski definition) is 5. The Hall–Kier alpha value is -1.34. The van der Waals surface area contributed by atoms with Gasteiger partial charge in [-0.2, -0.15) is 0 Å². The van der Waals surface area contributed by atoms with Crippen LogP contribution in [0.25, 0.3) is 0 Å². The lowest BCUT2D eigenvalue weighted by molar-refractivity contribution is -0.141. The van der Waals surface area contributed by atoms with Gasteiger partial charge >= 0.3 is 6.09 Å². The maximum Gasteiger partial charge on any atom is 0.413 e. The first-order valence-electron chi connectivity index (χ1n) is 7.65. The van der Waals surface area contributed by atoms with E-state index in [9.17, 15) is 9.59 Å². The van der Waals surface area contributed by atoms with Crippen molar-refractivity contribution in [1.82, 2.24) is 9.80 Å². The SMILES string of the molecule is CC(C)(C)OC(=O)N1[C@H](C(=O)N2CCOCC2)COC1(C)C. The first kappa shape index (κ1) is 17.0. The summed E-state index contributed by atoms with van der Waals surface area (Å²) in [5.41, 5.74) is -1.49. The van der Waals surface area contributed by atoms with E-state index in [0.717, 1.165) is 0 Å². The summed E-state index contributed by atoms with van der Waals surface area (Å²) in [5.74, 6) is -0.111. The van der Waals surface area contributed by atoms with Crippen LogP contribution < -0.4 is 0 Å². The van der Waals surface area contributed by atoms with Gasteiger partial charge < -0.3 is 19.1 Å². The van der Waals surface area contributed by atoms with Crippen LogP contribution in [-0.2, 0) is 19.0 Å². The molecule has 126 valence electrons. The Bertz CT molecular complexity index is 438. The number of ether oxygens (including phenoxy) is 3. The van der Waals surface area contributed by atoms with Gasteiger partial charge in [0.05, 0.1) is 19.8 Å². The first-order valence-corrected chi connectivity index (χ1v) is 7.65. The Kier molecular flexibility index (Phi) is 4.67. The Balaban J connectivity index is 2.15. The van der Waals surface area contributed by atoms with Crippen molar-refractivity contribution in [2.24, 2.45) is 0 Å². The maximum atomic E-state index is 12.7. The van der Waals surface area contributed by atoms with E-state index in [1.807, 2.05) is 0 Å². The molecule has 0 aromatic heterocycles. The molecule has 7 nitrogen and oxygen atoms in total. The van der Waals surface area contributed by atoms with Gasteiger partial charge in [0.15, 0.2) is 0 Å². The van der Waals surface area contributed by atoms with Crippen molar-refractivity contribution in [2.45, 2.75) is 52.0 Å². The lowest BCUT2D eigenvalue weighted by atomic mass is 10.1. The van der Waals surface area contributed by atoms with Crippen LogP contribution in [0.5, 0.6) is 0 Å². The molecule has 0 radical (unpaired) electrons. The van der Waals surface area contributed by atoms with Crippen LogP contribution in [0.3, 0.4) is 0 Å². The molecule has 0 spiro atoms. The van der Waals surface area contributed by atoms with Gasteiger partial charge in [0.25, 0.3) is 0 Å². The van der Waals surface area contributed by atoms with Crippen LogP contribution in [-0.4, -0.2) is 72.1 Å². The minimum atomic E-state index is -0.866. The highest BCUT2D eigenvalue weighted by molar-refractivity contribution is 5.87. The van der Waals surface area contributed by atoms with Crippen LogP contribution in [0.1, 0.15) is 34.6 Å². The highest BCUT2D eigenvalue weighted by atomic mass is 16.6. The molecule has 7 heteroatoms. The minimum Gasteiger partial charge on any atom is -0.444 e. The van der Waals surface area contributed by atoms with E-state index in [0.29, 0.717) is 26.3 Å². The van der Waals surface area contributed by atoms with Crippen LogP contribution >= 0.6 is 0 Å². The average Bonchev–Trinajstić information content (AvgIpc) is 2.72. The average molecular weight is 314 g/mol. The monoisotopic (exact) mass is 314 g/mol. The maximum absolute atomic E-state index is 12.7. The smallest absolute Gasteiger partial charge is 0.413 e. The van der Waals surface area contributed by atoms with Crippen LogP contribution in [0.15, 0.2) is 0 Å². The van der Waals surface area contributed by atoms with Gasteiger partial charge in [-0.1, -0.05) is 0 Å². The van der Waals surface area contributed by atoms with E-state index in [-0.39, 0.29) is 12.5 Å². The van der Waals surface area contributed by atoms with E-state index >= 15 is 0 Å². The molecule has 2 aliphatic rings. The normalized spacial score (nSPS) is 25.2. The Morgan fingerprint density at radius 1 is 1.18 bits per heavy atom. The summed E-state index contributed by atoms with van der Waals surface area (Å²) >= 11 is 0. The second-order valence-electron chi connectivity index (χ2n) is 7.06. The van der Waals surface area contributed by atoms with Gasteiger partial charge in [-0.05, 0) is 34.6 Å². The summed E-state index contributed by atoms with van der Waals surface area (Å²) in [7, 11) is 0. The Morgan fingerprint density at radius 2 is 1.77 bits per heavy atom. The van der Waals surface area contributed by atoms with Gasteiger partial charge in [0.2, 0.25) is 5.91 Å².